The molecule has 0 aliphatic heterocycles. The van der Waals surface area contributed by atoms with Gasteiger partial charge >= 0.3 is 0 Å². The highest BCUT2D eigenvalue weighted by molar-refractivity contribution is 6.30. The monoisotopic (exact) mass is 405 g/mol. The van der Waals surface area contributed by atoms with Crippen LogP contribution in [0.1, 0.15) is 25.0 Å². The summed E-state index contributed by atoms with van der Waals surface area (Å²) in [5, 5.41) is 29.0. The molecule has 3 rings (SSSR count). The average molecular weight is 406 g/mol. The molecule has 0 bridgehead atoms. The van der Waals surface area contributed by atoms with Crippen molar-refractivity contribution < 1.29 is 10.2 Å². The van der Waals surface area contributed by atoms with Gasteiger partial charge < -0.3 is 10.2 Å². The molecule has 0 aliphatic carbocycles. The highest BCUT2D eigenvalue weighted by atomic mass is 35.5. The largest absolute Gasteiger partial charge is 0.384 e. The maximum atomic E-state index is 12.0. The SMILES string of the molecule is CC(C)C(O)(Cn1cncn1)C(O)(c1ccc(Cl)cc1)c1ccc(Cl)cc1. The van der Waals surface area contributed by atoms with Crippen molar-refractivity contribution >= 4 is 23.2 Å². The fraction of sp³-hybridized carbons (Fsp3) is 0.300. The van der Waals surface area contributed by atoms with Gasteiger partial charge in [0.15, 0.2) is 0 Å². The summed E-state index contributed by atoms with van der Waals surface area (Å²) in [5.41, 5.74) is -2.29. The minimum absolute atomic E-state index is 0.0480. The summed E-state index contributed by atoms with van der Waals surface area (Å²) < 4.78 is 1.51. The Balaban J connectivity index is 2.23. The Labute approximate surface area is 168 Å². The number of aromatic nitrogens is 3. The maximum absolute atomic E-state index is 12.0. The van der Waals surface area contributed by atoms with Crippen LogP contribution in [0.15, 0.2) is 61.2 Å². The predicted molar refractivity (Wildman–Crippen MR) is 106 cm³/mol. The minimum atomic E-state index is -1.73. The zero-order valence-electron chi connectivity index (χ0n) is 15.0. The summed E-state index contributed by atoms with van der Waals surface area (Å²) in [5.74, 6) is -0.321. The van der Waals surface area contributed by atoms with Gasteiger partial charge in [-0.3, -0.25) is 0 Å². The Kier molecular flexibility index (Phi) is 5.58. The average Bonchev–Trinajstić information content (AvgIpc) is 3.14. The molecule has 142 valence electrons. The van der Waals surface area contributed by atoms with E-state index in [1.54, 1.807) is 48.5 Å². The van der Waals surface area contributed by atoms with Crippen LogP contribution >= 0.6 is 23.2 Å². The lowest BCUT2D eigenvalue weighted by atomic mass is 9.67. The van der Waals surface area contributed by atoms with Gasteiger partial charge in [0.2, 0.25) is 0 Å². The molecule has 0 amide bonds. The lowest BCUT2D eigenvalue weighted by Crippen LogP contribution is -2.58. The van der Waals surface area contributed by atoms with Gasteiger partial charge in [-0.2, -0.15) is 5.10 Å². The van der Waals surface area contributed by atoms with Crippen molar-refractivity contribution in [3.8, 4) is 0 Å². The molecule has 0 fully saturated rings. The highest BCUT2D eigenvalue weighted by Gasteiger charge is 2.54. The standard InChI is InChI=1S/C20H21Cl2N3O2/c1-14(2)19(26,11-25-13-23-12-24-25)20(27,15-3-7-17(21)8-4-15)16-5-9-18(22)10-6-16/h3-10,12-14,26-27H,11H2,1-2H3. The molecule has 2 aromatic carbocycles. The van der Waals surface area contributed by atoms with Gasteiger partial charge in [-0.15, -0.1) is 0 Å². The van der Waals surface area contributed by atoms with Crippen LogP contribution in [0.4, 0.5) is 0 Å². The third-order valence-electron chi connectivity index (χ3n) is 4.98. The van der Waals surface area contributed by atoms with E-state index in [0.717, 1.165) is 0 Å². The van der Waals surface area contributed by atoms with Crippen LogP contribution in [0.3, 0.4) is 0 Å². The molecule has 1 heterocycles. The summed E-state index contributed by atoms with van der Waals surface area (Å²) >= 11 is 12.1. The topological polar surface area (TPSA) is 71.2 Å². The van der Waals surface area contributed by atoms with Gasteiger partial charge in [-0.05, 0) is 41.3 Å². The smallest absolute Gasteiger partial charge is 0.145 e. The molecule has 5 nitrogen and oxygen atoms in total. The molecule has 0 aliphatic rings. The number of rotatable bonds is 6. The quantitative estimate of drug-likeness (QED) is 0.651. The van der Waals surface area contributed by atoms with Crippen molar-refractivity contribution in [2.24, 2.45) is 5.92 Å². The molecule has 0 spiro atoms. The Morgan fingerprint density at radius 2 is 1.41 bits per heavy atom. The van der Waals surface area contributed by atoms with E-state index >= 15 is 0 Å². The molecule has 0 saturated heterocycles. The van der Waals surface area contributed by atoms with E-state index in [0.29, 0.717) is 21.2 Å². The van der Waals surface area contributed by atoms with Crippen molar-refractivity contribution in [1.82, 2.24) is 14.8 Å². The van der Waals surface area contributed by atoms with Crippen LogP contribution in [0.5, 0.6) is 0 Å². The third-order valence-corrected chi connectivity index (χ3v) is 5.48. The van der Waals surface area contributed by atoms with E-state index in [2.05, 4.69) is 10.1 Å². The normalized spacial score (nSPS) is 14.3. The number of hydrogen-bond donors (Lipinski definition) is 2. The number of aliphatic hydroxyl groups is 2. The first-order valence-corrected chi connectivity index (χ1v) is 9.32. The molecular weight excluding hydrogens is 385 g/mol. The maximum Gasteiger partial charge on any atom is 0.145 e. The molecule has 27 heavy (non-hydrogen) atoms. The van der Waals surface area contributed by atoms with Crippen LogP contribution in [0, 0.1) is 5.92 Å². The van der Waals surface area contributed by atoms with Crippen molar-refractivity contribution in [2.75, 3.05) is 0 Å². The van der Waals surface area contributed by atoms with Gasteiger partial charge in [-0.1, -0.05) is 61.3 Å². The predicted octanol–water partition coefficient (Wildman–Crippen LogP) is 3.91. The summed E-state index contributed by atoms with van der Waals surface area (Å²) in [7, 11) is 0. The molecule has 0 radical (unpaired) electrons. The Bertz CT molecular complexity index is 835. The zero-order chi connectivity index (χ0) is 19.7. The summed E-state index contributed by atoms with van der Waals surface area (Å²) in [6, 6.07) is 13.6. The lowest BCUT2D eigenvalue weighted by molar-refractivity contribution is -0.169. The number of benzene rings is 2. The van der Waals surface area contributed by atoms with E-state index in [-0.39, 0.29) is 12.5 Å². The molecule has 3 aromatic rings. The van der Waals surface area contributed by atoms with Crippen molar-refractivity contribution in [3.63, 3.8) is 0 Å². The first kappa shape index (κ1) is 19.8. The number of nitrogens with zero attached hydrogens (tertiary/aromatic N) is 3. The van der Waals surface area contributed by atoms with Gasteiger partial charge in [-0.25, -0.2) is 9.67 Å². The first-order valence-electron chi connectivity index (χ1n) is 8.56. The van der Waals surface area contributed by atoms with E-state index in [1.807, 2.05) is 13.8 Å². The molecule has 0 saturated carbocycles. The van der Waals surface area contributed by atoms with Crippen molar-refractivity contribution in [3.05, 3.63) is 82.4 Å². The fourth-order valence-electron chi connectivity index (χ4n) is 3.32. The first-order chi connectivity index (χ1) is 12.8. The van der Waals surface area contributed by atoms with Crippen molar-refractivity contribution in [2.45, 2.75) is 31.6 Å². The lowest BCUT2D eigenvalue weighted by Gasteiger charge is -2.47. The molecule has 1 aromatic heterocycles. The molecule has 1 atom stereocenters. The van der Waals surface area contributed by atoms with E-state index < -0.39 is 11.2 Å². The third kappa shape index (κ3) is 3.60. The van der Waals surface area contributed by atoms with Crippen LogP contribution in [0.25, 0.3) is 0 Å². The number of halogens is 2. The molecule has 2 N–H and O–H groups in total. The van der Waals surface area contributed by atoms with E-state index in [1.165, 1.54) is 17.3 Å². The Hall–Kier alpha value is -1.92. The van der Waals surface area contributed by atoms with Crippen LogP contribution in [-0.2, 0) is 12.1 Å². The highest BCUT2D eigenvalue weighted by Crippen LogP contribution is 2.45. The van der Waals surface area contributed by atoms with Gasteiger partial charge in [0.05, 0.1) is 6.54 Å². The summed E-state index contributed by atoms with van der Waals surface area (Å²) in [6.45, 7) is 3.76. The molecule has 7 heteroatoms. The summed E-state index contributed by atoms with van der Waals surface area (Å²) in [4.78, 5) is 3.94. The van der Waals surface area contributed by atoms with Crippen LogP contribution < -0.4 is 0 Å². The van der Waals surface area contributed by atoms with Gasteiger partial charge in [0.1, 0.15) is 23.9 Å². The Morgan fingerprint density at radius 1 is 0.926 bits per heavy atom. The zero-order valence-corrected chi connectivity index (χ0v) is 16.6. The van der Waals surface area contributed by atoms with Crippen LogP contribution in [0.2, 0.25) is 10.0 Å². The second-order valence-electron chi connectivity index (χ2n) is 6.90. The van der Waals surface area contributed by atoms with Gasteiger partial charge in [0, 0.05) is 10.0 Å². The second-order valence-corrected chi connectivity index (χ2v) is 7.77. The van der Waals surface area contributed by atoms with Gasteiger partial charge in [0.25, 0.3) is 0 Å². The molecule has 1 unspecified atom stereocenters. The Morgan fingerprint density at radius 3 is 1.78 bits per heavy atom. The minimum Gasteiger partial charge on any atom is -0.384 e. The fourth-order valence-corrected chi connectivity index (χ4v) is 3.58. The van der Waals surface area contributed by atoms with Crippen LogP contribution in [-0.4, -0.2) is 30.6 Å². The van der Waals surface area contributed by atoms with Crippen molar-refractivity contribution in [1.29, 1.82) is 0 Å². The second kappa shape index (κ2) is 7.60. The number of hydrogen-bond acceptors (Lipinski definition) is 4. The summed E-state index contributed by atoms with van der Waals surface area (Å²) in [6.07, 6.45) is 2.90. The van der Waals surface area contributed by atoms with E-state index in [4.69, 9.17) is 23.2 Å². The van der Waals surface area contributed by atoms with E-state index in [9.17, 15) is 10.2 Å². The molecular formula is C20H21Cl2N3O2.